The van der Waals surface area contributed by atoms with Crippen molar-refractivity contribution in [3.05, 3.63) is 32.6 Å². The van der Waals surface area contributed by atoms with Gasteiger partial charge in [-0.2, -0.15) is 21.6 Å². The van der Waals surface area contributed by atoms with Gasteiger partial charge in [-0.15, -0.1) is 0 Å². The van der Waals surface area contributed by atoms with Crippen LogP contribution in [0.15, 0.2) is 15.8 Å². The summed E-state index contributed by atoms with van der Waals surface area (Å²) in [7, 11) is -5.78. The van der Waals surface area contributed by atoms with Gasteiger partial charge in [0, 0.05) is 22.6 Å². The fourth-order valence-electron chi connectivity index (χ4n) is 2.13. The van der Waals surface area contributed by atoms with Crippen LogP contribution in [0.5, 0.6) is 0 Å². The first-order chi connectivity index (χ1) is 11.0. The number of aryl methyl sites for hydroxylation is 1. The molecule has 136 valence electrons. The lowest BCUT2D eigenvalue weighted by Crippen LogP contribution is -2.34. The Morgan fingerprint density at radius 1 is 1.46 bits per heavy atom. The van der Waals surface area contributed by atoms with E-state index in [4.69, 9.17) is 4.74 Å². The number of hydrogen-bond donors (Lipinski definition) is 1. The SMILES string of the molecule is Cc1cn([C@H]2C[C@H](OS(=O)(=O)C(F)(F)F)[C@@H](CI)O2)c(=O)[nH]c1=O. The van der Waals surface area contributed by atoms with Gasteiger partial charge in [-0.25, -0.2) is 4.79 Å². The molecule has 0 spiro atoms. The normalized spacial score (nSPS) is 25.1. The summed E-state index contributed by atoms with van der Waals surface area (Å²) in [6, 6.07) is 0. The molecule has 1 aromatic rings. The van der Waals surface area contributed by atoms with Crippen LogP contribution >= 0.6 is 22.6 Å². The molecule has 0 unspecified atom stereocenters. The van der Waals surface area contributed by atoms with E-state index in [1.54, 1.807) is 22.6 Å². The van der Waals surface area contributed by atoms with Crippen LogP contribution < -0.4 is 11.2 Å². The molecule has 0 amide bonds. The van der Waals surface area contributed by atoms with Gasteiger partial charge in [0.25, 0.3) is 5.56 Å². The molecule has 3 atom stereocenters. The van der Waals surface area contributed by atoms with Gasteiger partial charge in [-0.1, -0.05) is 22.6 Å². The van der Waals surface area contributed by atoms with Gasteiger partial charge in [0.2, 0.25) is 0 Å². The van der Waals surface area contributed by atoms with Crippen molar-refractivity contribution >= 4 is 32.7 Å². The molecule has 1 aliphatic rings. The van der Waals surface area contributed by atoms with Gasteiger partial charge in [0.15, 0.2) is 0 Å². The summed E-state index contributed by atoms with van der Waals surface area (Å²) in [5.74, 6) is 0. The van der Waals surface area contributed by atoms with E-state index < -0.39 is 45.3 Å². The number of rotatable bonds is 4. The average molecular weight is 484 g/mol. The summed E-state index contributed by atoms with van der Waals surface area (Å²) in [4.78, 5) is 25.2. The number of halogens is 4. The topological polar surface area (TPSA) is 107 Å². The Bertz CT molecular complexity index is 833. The number of aromatic amines is 1. The summed E-state index contributed by atoms with van der Waals surface area (Å²) in [6.45, 7) is 1.43. The number of alkyl halides is 4. The Morgan fingerprint density at radius 3 is 2.62 bits per heavy atom. The van der Waals surface area contributed by atoms with E-state index in [-0.39, 0.29) is 16.4 Å². The highest BCUT2D eigenvalue weighted by Gasteiger charge is 2.51. The number of H-pyrrole nitrogens is 1. The predicted octanol–water partition coefficient (Wildman–Crippen LogP) is 0.802. The van der Waals surface area contributed by atoms with Crippen LogP contribution in [-0.4, -0.2) is 40.1 Å². The smallest absolute Gasteiger partial charge is 0.351 e. The van der Waals surface area contributed by atoms with E-state index in [2.05, 4.69) is 4.18 Å². The second kappa shape index (κ2) is 6.76. The highest BCUT2D eigenvalue weighted by Crippen LogP contribution is 2.35. The lowest BCUT2D eigenvalue weighted by atomic mass is 10.2. The molecule has 8 nitrogen and oxygen atoms in total. The molecule has 2 heterocycles. The molecule has 24 heavy (non-hydrogen) atoms. The first-order valence-corrected chi connectivity index (χ1v) is 9.42. The highest BCUT2D eigenvalue weighted by molar-refractivity contribution is 14.1. The monoisotopic (exact) mass is 484 g/mol. The zero-order chi connectivity index (χ0) is 18.3. The standard InChI is InChI=1S/C11H12F3IN2O6S/c1-5-4-17(10(19)16-9(5)18)8-2-6(7(3-15)22-8)23-24(20,21)11(12,13)14/h4,6-8H,2-3H2,1H3,(H,16,18,19)/t6-,7+,8+/m0/s1. The van der Waals surface area contributed by atoms with Crippen molar-refractivity contribution in [2.24, 2.45) is 0 Å². The van der Waals surface area contributed by atoms with Crippen LogP contribution in [0, 0.1) is 6.92 Å². The second-order valence-corrected chi connectivity index (χ2v) is 7.48. The third kappa shape index (κ3) is 3.83. The number of hydrogen-bond acceptors (Lipinski definition) is 6. The third-order valence-corrected chi connectivity index (χ3v) is 5.26. The Morgan fingerprint density at radius 2 is 2.08 bits per heavy atom. The van der Waals surface area contributed by atoms with Crippen LogP contribution in [0.3, 0.4) is 0 Å². The van der Waals surface area contributed by atoms with Crippen molar-refractivity contribution in [2.75, 3.05) is 4.43 Å². The molecule has 0 radical (unpaired) electrons. The number of ether oxygens (including phenoxy) is 1. The van der Waals surface area contributed by atoms with E-state index in [0.29, 0.717) is 0 Å². The molecular formula is C11H12F3IN2O6S. The van der Waals surface area contributed by atoms with Gasteiger partial charge in [-0.3, -0.25) is 18.5 Å². The molecule has 1 saturated heterocycles. The predicted molar refractivity (Wildman–Crippen MR) is 83.3 cm³/mol. The van der Waals surface area contributed by atoms with Crippen LogP contribution in [0.1, 0.15) is 18.2 Å². The first kappa shape index (κ1) is 19.4. The van der Waals surface area contributed by atoms with Crippen molar-refractivity contribution in [1.29, 1.82) is 0 Å². The number of aromatic nitrogens is 2. The Kier molecular flexibility index (Phi) is 5.46. The van der Waals surface area contributed by atoms with Crippen molar-refractivity contribution < 1.29 is 30.5 Å². The summed E-state index contributed by atoms with van der Waals surface area (Å²) >= 11 is 1.80. The fraction of sp³-hybridized carbons (Fsp3) is 0.636. The molecule has 1 fully saturated rings. The van der Waals surface area contributed by atoms with Gasteiger partial charge < -0.3 is 4.74 Å². The van der Waals surface area contributed by atoms with E-state index in [1.165, 1.54) is 13.1 Å². The van der Waals surface area contributed by atoms with Gasteiger partial charge in [-0.05, 0) is 6.92 Å². The fourth-order valence-corrected chi connectivity index (χ4v) is 3.54. The lowest BCUT2D eigenvalue weighted by molar-refractivity contribution is -0.0601. The minimum Gasteiger partial charge on any atom is -0.351 e. The summed E-state index contributed by atoms with van der Waals surface area (Å²) < 4.78 is 70.5. The van der Waals surface area contributed by atoms with Gasteiger partial charge >= 0.3 is 21.3 Å². The van der Waals surface area contributed by atoms with Crippen molar-refractivity contribution in [2.45, 2.75) is 37.3 Å². The van der Waals surface area contributed by atoms with Gasteiger partial charge in [0.1, 0.15) is 12.3 Å². The van der Waals surface area contributed by atoms with E-state index in [1.807, 2.05) is 4.98 Å². The average Bonchev–Trinajstić information content (AvgIpc) is 2.83. The van der Waals surface area contributed by atoms with Crippen LogP contribution in [0.25, 0.3) is 0 Å². The second-order valence-electron chi connectivity index (χ2n) is 5.03. The molecule has 0 aromatic carbocycles. The molecule has 0 aliphatic carbocycles. The molecule has 13 heteroatoms. The summed E-state index contributed by atoms with van der Waals surface area (Å²) in [5, 5.41) is 0. The molecule has 1 aliphatic heterocycles. The Labute approximate surface area is 147 Å². The molecular weight excluding hydrogens is 472 g/mol. The maximum Gasteiger partial charge on any atom is 0.523 e. The number of nitrogens with one attached hydrogen (secondary N) is 1. The zero-order valence-corrected chi connectivity index (χ0v) is 15.0. The highest BCUT2D eigenvalue weighted by atomic mass is 127. The minimum absolute atomic E-state index is 0.142. The van der Waals surface area contributed by atoms with Crippen molar-refractivity contribution in [3.8, 4) is 0 Å². The molecule has 1 N–H and O–H groups in total. The Hall–Kier alpha value is -0.930. The van der Waals surface area contributed by atoms with Gasteiger partial charge in [0.05, 0.1) is 6.10 Å². The maximum atomic E-state index is 12.4. The van der Waals surface area contributed by atoms with Crippen LogP contribution in [-0.2, 0) is 19.0 Å². The molecule has 0 bridgehead atoms. The zero-order valence-electron chi connectivity index (χ0n) is 12.0. The molecule has 2 rings (SSSR count). The van der Waals surface area contributed by atoms with Crippen LogP contribution in [0.2, 0.25) is 0 Å². The summed E-state index contributed by atoms with van der Waals surface area (Å²) in [5.41, 5.74) is -6.78. The minimum atomic E-state index is -5.78. The first-order valence-electron chi connectivity index (χ1n) is 6.49. The molecule has 0 saturated carbocycles. The number of nitrogens with zero attached hydrogens (tertiary/aromatic N) is 1. The van der Waals surface area contributed by atoms with Crippen LogP contribution in [0.4, 0.5) is 13.2 Å². The third-order valence-electron chi connectivity index (χ3n) is 3.32. The molecule has 1 aromatic heterocycles. The van der Waals surface area contributed by atoms with E-state index in [0.717, 1.165) is 4.57 Å². The quantitative estimate of drug-likeness (QED) is 0.294. The maximum absolute atomic E-state index is 12.4. The Balaban J connectivity index is 2.29. The lowest BCUT2D eigenvalue weighted by Gasteiger charge is -2.17. The van der Waals surface area contributed by atoms with Crippen molar-refractivity contribution in [3.63, 3.8) is 0 Å². The summed E-state index contributed by atoms with van der Waals surface area (Å²) in [6.07, 6.45) is -2.53. The van der Waals surface area contributed by atoms with E-state index >= 15 is 0 Å². The van der Waals surface area contributed by atoms with E-state index in [9.17, 15) is 31.2 Å². The van der Waals surface area contributed by atoms with Crippen molar-refractivity contribution in [1.82, 2.24) is 9.55 Å². The largest absolute Gasteiger partial charge is 0.523 e.